The number of ether oxygens (including phenoxy) is 1. The van der Waals surface area contributed by atoms with Crippen molar-refractivity contribution in [2.75, 3.05) is 25.6 Å². The first-order valence-electron chi connectivity index (χ1n) is 9.80. The van der Waals surface area contributed by atoms with Crippen molar-refractivity contribution in [3.63, 3.8) is 0 Å². The van der Waals surface area contributed by atoms with E-state index >= 15 is 0 Å². The van der Waals surface area contributed by atoms with Crippen LogP contribution >= 0.6 is 0 Å². The molecular weight excluding hydrogens is 397 g/mol. The van der Waals surface area contributed by atoms with Crippen molar-refractivity contribution in [3.05, 3.63) is 78.5 Å². The van der Waals surface area contributed by atoms with Crippen LogP contribution in [0.4, 0.5) is 10.1 Å². The highest BCUT2D eigenvalue weighted by Gasteiger charge is 2.14. The Bertz CT molecular complexity index is 1180. The van der Waals surface area contributed by atoms with Gasteiger partial charge in [0.05, 0.1) is 22.6 Å². The number of nitrogens with one attached hydrogen (secondary N) is 3. The van der Waals surface area contributed by atoms with Crippen LogP contribution in [0.1, 0.15) is 11.6 Å². The first-order chi connectivity index (χ1) is 15.1. The lowest BCUT2D eigenvalue weighted by atomic mass is 10.0. The average molecular weight is 419 g/mol. The molecule has 0 saturated carbocycles. The fraction of sp³-hybridized carbons (Fsp3) is 0.174. The van der Waals surface area contributed by atoms with Crippen molar-refractivity contribution in [1.29, 1.82) is 0 Å². The molecule has 4 rings (SSSR count). The van der Waals surface area contributed by atoms with Gasteiger partial charge in [-0.15, -0.1) is 0 Å². The van der Waals surface area contributed by atoms with Crippen molar-refractivity contribution < 1.29 is 13.9 Å². The number of methoxy groups -OCH3 is 1. The van der Waals surface area contributed by atoms with Crippen LogP contribution in [0, 0.1) is 5.95 Å². The van der Waals surface area contributed by atoms with Crippen molar-refractivity contribution in [2.24, 2.45) is 0 Å². The molecule has 2 heterocycles. The monoisotopic (exact) mass is 419 g/mol. The van der Waals surface area contributed by atoms with Crippen LogP contribution < -0.4 is 10.6 Å². The number of fused-ring (bicyclic) bond motifs is 1. The molecular formula is C23H22FN5O2. The topological polar surface area (TPSA) is 91.9 Å². The quantitative estimate of drug-likeness (QED) is 0.405. The van der Waals surface area contributed by atoms with Crippen LogP contribution in [0.2, 0.25) is 0 Å². The van der Waals surface area contributed by atoms with E-state index < -0.39 is 5.95 Å². The normalized spacial score (nSPS) is 11.9. The van der Waals surface area contributed by atoms with Gasteiger partial charge in [0, 0.05) is 31.6 Å². The maximum absolute atomic E-state index is 13.9. The fourth-order valence-electron chi connectivity index (χ4n) is 3.37. The van der Waals surface area contributed by atoms with Gasteiger partial charge in [-0.2, -0.15) is 9.49 Å². The van der Waals surface area contributed by atoms with Gasteiger partial charge in [0.2, 0.25) is 11.9 Å². The number of hydrogen-bond donors (Lipinski definition) is 3. The molecule has 0 aliphatic rings. The number of nitrogens with zero attached hydrogens (tertiary/aromatic N) is 2. The Morgan fingerprint density at radius 1 is 1.13 bits per heavy atom. The molecule has 0 aliphatic carbocycles. The van der Waals surface area contributed by atoms with E-state index in [0.717, 1.165) is 22.4 Å². The van der Waals surface area contributed by atoms with Crippen LogP contribution in [0.5, 0.6) is 0 Å². The Morgan fingerprint density at radius 2 is 1.97 bits per heavy atom. The molecule has 1 amide bonds. The van der Waals surface area contributed by atoms with Crippen molar-refractivity contribution in [3.8, 4) is 11.1 Å². The van der Waals surface area contributed by atoms with Crippen LogP contribution in [-0.4, -0.2) is 41.3 Å². The van der Waals surface area contributed by atoms with E-state index in [9.17, 15) is 9.18 Å². The zero-order valence-corrected chi connectivity index (χ0v) is 16.9. The number of anilines is 1. The predicted molar refractivity (Wildman–Crippen MR) is 117 cm³/mol. The maximum atomic E-state index is 13.9. The Labute approximate surface area is 178 Å². The van der Waals surface area contributed by atoms with Gasteiger partial charge in [0.25, 0.3) is 0 Å². The fourth-order valence-corrected chi connectivity index (χ4v) is 3.37. The number of carbonyl (C=O) groups is 1. The SMILES string of the molecule is COCC(=O)NC[C@@H](Nc1cncc(-c2ccc3n[nH]c(F)c3c2)c1)c1ccccc1. The number of H-pyrrole nitrogens is 1. The molecule has 0 radical (unpaired) electrons. The van der Waals surface area contributed by atoms with E-state index in [4.69, 9.17) is 4.74 Å². The molecule has 7 nitrogen and oxygen atoms in total. The third kappa shape index (κ3) is 4.87. The van der Waals surface area contributed by atoms with Crippen LogP contribution in [0.15, 0.2) is 67.0 Å². The third-order valence-corrected chi connectivity index (χ3v) is 4.90. The number of carbonyl (C=O) groups excluding carboxylic acids is 1. The number of aromatic amines is 1. The summed E-state index contributed by atoms with van der Waals surface area (Å²) in [4.78, 5) is 16.2. The van der Waals surface area contributed by atoms with E-state index in [2.05, 4.69) is 25.8 Å². The van der Waals surface area contributed by atoms with Gasteiger partial charge in [0.1, 0.15) is 6.61 Å². The first kappa shape index (κ1) is 20.5. The molecule has 0 aliphatic heterocycles. The zero-order chi connectivity index (χ0) is 21.6. The summed E-state index contributed by atoms with van der Waals surface area (Å²) in [6, 6.07) is 17.0. The van der Waals surface area contributed by atoms with Crippen LogP contribution in [0.3, 0.4) is 0 Å². The van der Waals surface area contributed by atoms with Crippen molar-refractivity contribution in [2.45, 2.75) is 6.04 Å². The largest absolute Gasteiger partial charge is 0.375 e. The Balaban J connectivity index is 1.58. The summed E-state index contributed by atoms with van der Waals surface area (Å²) in [5.74, 6) is -0.650. The number of aromatic nitrogens is 3. The van der Waals surface area contributed by atoms with Gasteiger partial charge < -0.3 is 15.4 Å². The molecule has 1 atom stereocenters. The minimum Gasteiger partial charge on any atom is -0.375 e. The summed E-state index contributed by atoms with van der Waals surface area (Å²) in [5, 5.41) is 13.0. The second-order valence-corrected chi connectivity index (χ2v) is 7.08. The Morgan fingerprint density at radius 3 is 2.77 bits per heavy atom. The second kappa shape index (κ2) is 9.36. The van der Waals surface area contributed by atoms with E-state index in [1.54, 1.807) is 24.5 Å². The van der Waals surface area contributed by atoms with Crippen LogP contribution in [-0.2, 0) is 9.53 Å². The molecule has 2 aromatic heterocycles. The van der Waals surface area contributed by atoms with Gasteiger partial charge >= 0.3 is 0 Å². The number of hydrogen-bond acceptors (Lipinski definition) is 5. The molecule has 2 aromatic carbocycles. The zero-order valence-electron chi connectivity index (χ0n) is 16.9. The molecule has 0 spiro atoms. The molecule has 8 heteroatoms. The summed E-state index contributed by atoms with van der Waals surface area (Å²) in [5.41, 5.74) is 4.03. The van der Waals surface area contributed by atoms with Gasteiger partial charge in [0.15, 0.2) is 0 Å². The smallest absolute Gasteiger partial charge is 0.246 e. The molecule has 3 N–H and O–H groups in total. The summed E-state index contributed by atoms with van der Waals surface area (Å²) in [7, 11) is 1.48. The van der Waals surface area contributed by atoms with Crippen LogP contribution in [0.25, 0.3) is 22.0 Å². The second-order valence-electron chi connectivity index (χ2n) is 7.08. The van der Waals surface area contributed by atoms with E-state index in [1.165, 1.54) is 7.11 Å². The summed E-state index contributed by atoms with van der Waals surface area (Å²) >= 11 is 0. The minimum atomic E-state index is -0.463. The van der Waals surface area contributed by atoms with Crippen molar-refractivity contribution >= 4 is 22.5 Å². The number of rotatable bonds is 8. The molecule has 0 unspecified atom stereocenters. The van der Waals surface area contributed by atoms with Crippen molar-refractivity contribution in [1.82, 2.24) is 20.5 Å². The third-order valence-electron chi connectivity index (χ3n) is 4.90. The lowest BCUT2D eigenvalue weighted by molar-refractivity contribution is -0.124. The van der Waals surface area contributed by atoms with Gasteiger partial charge in [-0.05, 0) is 29.3 Å². The predicted octanol–water partition coefficient (Wildman–Crippen LogP) is 3.68. The number of halogens is 1. The number of benzene rings is 2. The lowest BCUT2D eigenvalue weighted by Crippen LogP contribution is -2.33. The Kier molecular flexibility index (Phi) is 6.18. The molecule has 0 saturated heterocycles. The van der Waals surface area contributed by atoms with Gasteiger partial charge in [-0.1, -0.05) is 36.4 Å². The summed E-state index contributed by atoms with van der Waals surface area (Å²) in [6.07, 6.45) is 3.44. The number of pyridine rings is 1. The van der Waals surface area contributed by atoms with Gasteiger partial charge in [-0.3, -0.25) is 14.9 Å². The molecule has 31 heavy (non-hydrogen) atoms. The highest BCUT2D eigenvalue weighted by Crippen LogP contribution is 2.27. The van der Waals surface area contributed by atoms with E-state index in [0.29, 0.717) is 17.4 Å². The van der Waals surface area contributed by atoms with Gasteiger partial charge in [-0.25, -0.2) is 0 Å². The number of amides is 1. The molecule has 0 bridgehead atoms. The maximum Gasteiger partial charge on any atom is 0.246 e. The standard InChI is InChI=1S/C23H22FN5O2/c1-31-14-22(30)26-13-21(15-5-3-2-4-6-15)27-18-9-17(11-25-12-18)16-7-8-20-19(10-16)23(24)29-28-20/h2-12,21,27H,13-14H2,1H3,(H,26,30)(H,28,29)/t21-/m1/s1. The highest BCUT2D eigenvalue weighted by molar-refractivity contribution is 5.84. The highest BCUT2D eigenvalue weighted by atomic mass is 19.1. The van der Waals surface area contributed by atoms with E-state index in [-0.39, 0.29) is 18.6 Å². The minimum absolute atomic E-state index is 0.00555. The average Bonchev–Trinajstić information content (AvgIpc) is 3.18. The lowest BCUT2D eigenvalue weighted by Gasteiger charge is -2.21. The summed E-state index contributed by atoms with van der Waals surface area (Å²) in [6.45, 7) is 0.383. The first-order valence-corrected chi connectivity index (χ1v) is 9.80. The molecule has 4 aromatic rings. The molecule has 0 fully saturated rings. The summed E-state index contributed by atoms with van der Waals surface area (Å²) < 4.78 is 18.8. The Hall–Kier alpha value is -3.78. The molecule has 158 valence electrons. The van der Waals surface area contributed by atoms with E-state index in [1.807, 2.05) is 42.5 Å².